The van der Waals surface area contributed by atoms with E-state index in [1.165, 1.54) is 22.2 Å². The molecule has 0 spiro atoms. The number of hydrogen-bond acceptors (Lipinski definition) is 5. The average Bonchev–Trinajstić information content (AvgIpc) is 3.04. The van der Waals surface area contributed by atoms with Gasteiger partial charge in [0, 0.05) is 17.3 Å². The molecule has 0 radical (unpaired) electrons. The zero-order valence-electron chi connectivity index (χ0n) is 15.0. The van der Waals surface area contributed by atoms with Crippen molar-refractivity contribution in [3.8, 4) is 0 Å². The normalized spacial score (nSPS) is 12.4. The van der Waals surface area contributed by atoms with E-state index in [1.807, 2.05) is 50.2 Å². The van der Waals surface area contributed by atoms with E-state index in [-0.39, 0.29) is 11.5 Å². The molecule has 1 amide bonds. The SMILES string of the molecule is CC[C@H](C(=O)Nc1cccc(C)c1)n1cnc2c(sc3ncccc32)c1=O. The molecule has 27 heavy (non-hydrogen) atoms. The summed E-state index contributed by atoms with van der Waals surface area (Å²) < 4.78 is 1.94. The zero-order valence-corrected chi connectivity index (χ0v) is 15.8. The molecule has 0 fully saturated rings. The Balaban J connectivity index is 1.74. The van der Waals surface area contributed by atoms with Crippen LogP contribution in [-0.2, 0) is 4.79 Å². The van der Waals surface area contributed by atoms with Gasteiger partial charge in [0.05, 0.1) is 11.8 Å². The Hall–Kier alpha value is -3.06. The topological polar surface area (TPSA) is 76.9 Å². The summed E-state index contributed by atoms with van der Waals surface area (Å²) >= 11 is 1.31. The number of carbonyl (C=O) groups excluding carboxylic acids is 1. The molecule has 1 aromatic carbocycles. The van der Waals surface area contributed by atoms with Crippen LogP contribution in [0.4, 0.5) is 5.69 Å². The Kier molecular flexibility index (Phi) is 4.45. The maximum absolute atomic E-state index is 13.0. The van der Waals surface area contributed by atoms with Crippen molar-refractivity contribution in [1.82, 2.24) is 14.5 Å². The third-order valence-corrected chi connectivity index (χ3v) is 5.58. The molecule has 0 aliphatic heterocycles. The zero-order chi connectivity index (χ0) is 19.0. The number of carbonyl (C=O) groups is 1. The van der Waals surface area contributed by atoms with Crippen LogP contribution >= 0.6 is 11.3 Å². The van der Waals surface area contributed by atoms with Crippen LogP contribution in [0, 0.1) is 6.92 Å². The molecule has 0 aliphatic rings. The van der Waals surface area contributed by atoms with Gasteiger partial charge < -0.3 is 5.32 Å². The van der Waals surface area contributed by atoms with Gasteiger partial charge in [-0.05, 0) is 43.2 Å². The molecule has 1 atom stereocenters. The number of amides is 1. The standard InChI is InChI=1S/C20H18N4O2S/c1-3-15(18(25)23-13-7-4-6-12(2)10-13)24-11-22-16-14-8-5-9-21-19(14)27-17(16)20(24)26/h4-11,15H,3H2,1-2H3,(H,23,25)/t15-/m1/s1. The Morgan fingerprint density at radius 2 is 2.11 bits per heavy atom. The molecule has 0 unspecified atom stereocenters. The lowest BCUT2D eigenvalue weighted by atomic mass is 10.1. The summed E-state index contributed by atoms with van der Waals surface area (Å²) in [7, 11) is 0. The van der Waals surface area contributed by atoms with Crippen LogP contribution in [-0.4, -0.2) is 20.4 Å². The van der Waals surface area contributed by atoms with Crippen LogP contribution in [0.15, 0.2) is 53.7 Å². The number of benzene rings is 1. The van der Waals surface area contributed by atoms with Crippen molar-refractivity contribution in [2.45, 2.75) is 26.3 Å². The first-order chi connectivity index (χ1) is 13.1. The highest BCUT2D eigenvalue weighted by Crippen LogP contribution is 2.28. The van der Waals surface area contributed by atoms with E-state index in [1.54, 1.807) is 6.20 Å². The van der Waals surface area contributed by atoms with Crippen molar-refractivity contribution in [3.05, 3.63) is 64.8 Å². The monoisotopic (exact) mass is 378 g/mol. The van der Waals surface area contributed by atoms with Gasteiger partial charge in [0.2, 0.25) is 5.91 Å². The van der Waals surface area contributed by atoms with Gasteiger partial charge in [-0.25, -0.2) is 9.97 Å². The number of rotatable bonds is 4. The minimum Gasteiger partial charge on any atom is -0.324 e. The van der Waals surface area contributed by atoms with Crippen LogP contribution < -0.4 is 10.9 Å². The molecular formula is C20H18N4O2S. The third-order valence-electron chi connectivity index (χ3n) is 4.49. The molecule has 1 N–H and O–H groups in total. The van der Waals surface area contributed by atoms with Gasteiger partial charge in [0.1, 0.15) is 15.6 Å². The van der Waals surface area contributed by atoms with Crippen molar-refractivity contribution < 1.29 is 4.79 Å². The van der Waals surface area contributed by atoms with E-state index < -0.39 is 6.04 Å². The fourth-order valence-electron chi connectivity index (χ4n) is 3.16. The molecule has 7 heteroatoms. The average molecular weight is 378 g/mol. The Bertz CT molecular complexity index is 1210. The molecule has 3 heterocycles. The van der Waals surface area contributed by atoms with E-state index in [2.05, 4.69) is 15.3 Å². The number of fused-ring (bicyclic) bond motifs is 3. The Morgan fingerprint density at radius 3 is 2.89 bits per heavy atom. The molecule has 6 nitrogen and oxygen atoms in total. The van der Waals surface area contributed by atoms with Crippen LogP contribution in [0.25, 0.3) is 20.4 Å². The highest BCUT2D eigenvalue weighted by Gasteiger charge is 2.22. The smallest absolute Gasteiger partial charge is 0.272 e. The van der Waals surface area contributed by atoms with Crippen molar-refractivity contribution in [2.24, 2.45) is 0 Å². The Morgan fingerprint density at radius 1 is 1.26 bits per heavy atom. The Labute approximate surface area is 159 Å². The number of aryl methyl sites for hydroxylation is 1. The van der Waals surface area contributed by atoms with E-state index in [4.69, 9.17) is 0 Å². The lowest BCUT2D eigenvalue weighted by Gasteiger charge is -2.17. The number of thiophene rings is 1. The molecule has 0 aliphatic carbocycles. The van der Waals surface area contributed by atoms with Gasteiger partial charge in [-0.2, -0.15) is 0 Å². The highest BCUT2D eigenvalue weighted by molar-refractivity contribution is 7.25. The summed E-state index contributed by atoms with van der Waals surface area (Å²) in [6.07, 6.45) is 3.64. The minimum atomic E-state index is -0.631. The van der Waals surface area contributed by atoms with Gasteiger partial charge >= 0.3 is 0 Å². The van der Waals surface area contributed by atoms with Crippen molar-refractivity contribution in [2.75, 3.05) is 5.32 Å². The van der Waals surface area contributed by atoms with Gasteiger partial charge in [-0.15, -0.1) is 11.3 Å². The van der Waals surface area contributed by atoms with Gasteiger partial charge in [0.25, 0.3) is 5.56 Å². The number of nitrogens with one attached hydrogen (secondary N) is 1. The highest BCUT2D eigenvalue weighted by atomic mass is 32.1. The first kappa shape index (κ1) is 17.4. The number of anilines is 1. The number of pyridine rings is 1. The first-order valence-corrected chi connectivity index (χ1v) is 9.52. The maximum atomic E-state index is 13.0. The quantitative estimate of drug-likeness (QED) is 0.584. The number of aromatic nitrogens is 3. The van der Waals surface area contributed by atoms with Crippen LogP contribution in [0.3, 0.4) is 0 Å². The summed E-state index contributed by atoms with van der Waals surface area (Å²) in [6.45, 7) is 3.84. The molecule has 0 bridgehead atoms. The van der Waals surface area contributed by atoms with Crippen molar-refractivity contribution in [3.63, 3.8) is 0 Å². The van der Waals surface area contributed by atoms with Crippen LogP contribution in [0.2, 0.25) is 0 Å². The van der Waals surface area contributed by atoms with E-state index >= 15 is 0 Å². The second-order valence-corrected chi connectivity index (χ2v) is 7.37. The van der Waals surface area contributed by atoms with Crippen LogP contribution in [0.1, 0.15) is 24.9 Å². The molecule has 3 aromatic heterocycles. The first-order valence-electron chi connectivity index (χ1n) is 8.70. The van der Waals surface area contributed by atoms with E-state index in [9.17, 15) is 9.59 Å². The molecular weight excluding hydrogens is 360 g/mol. The molecule has 136 valence electrons. The van der Waals surface area contributed by atoms with E-state index in [0.717, 1.165) is 15.8 Å². The largest absolute Gasteiger partial charge is 0.324 e. The van der Waals surface area contributed by atoms with E-state index in [0.29, 0.717) is 22.3 Å². The third kappa shape index (κ3) is 3.10. The predicted molar refractivity (Wildman–Crippen MR) is 108 cm³/mol. The predicted octanol–water partition coefficient (Wildman–Crippen LogP) is 3.90. The summed E-state index contributed by atoms with van der Waals surface area (Å²) in [5, 5.41) is 3.76. The summed E-state index contributed by atoms with van der Waals surface area (Å²) in [4.78, 5) is 35.4. The van der Waals surface area contributed by atoms with Crippen molar-refractivity contribution in [1.29, 1.82) is 0 Å². The second-order valence-electron chi connectivity index (χ2n) is 6.38. The van der Waals surface area contributed by atoms with Gasteiger partial charge in [-0.3, -0.25) is 14.2 Å². The fraction of sp³-hybridized carbons (Fsp3) is 0.200. The van der Waals surface area contributed by atoms with Gasteiger partial charge in [-0.1, -0.05) is 19.1 Å². The number of hydrogen-bond donors (Lipinski definition) is 1. The lowest BCUT2D eigenvalue weighted by molar-refractivity contribution is -0.119. The summed E-state index contributed by atoms with van der Waals surface area (Å²) in [5.74, 6) is -0.231. The molecule has 0 saturated heterocycles. The lowest BCUT2D eigenvalue weighted by Crippen LogP contribution is -2.33. The number of nitrogens with zero attached hydrogens (tertiary/aromatic N) is 3. The maximum Gasteiger partial charge on any atom is 0.272 e. The molecule has 4 aromatic rings. The second kappa shape index (κ2) is 6.92. The van der Waals surface area contributed by atoms with Crippen molar-refractivity contribution >= 4 is 43.4 Å². The van der Waals surface area contributed by atoms with Crippen LogP contribution in [0.5, 0.6) is 0 Å². The molecule has 4 rings (SSSR count). The van der Waals surface area contributed by atoms with Gasteiger partial charge in [0.15, 0.2) is 0 Å². The summed E-state index contributed by atoms with van der Waals surface area (Å²) in [5.41, 5.74) is 2.19. The molecule has 0 saturated carbocycles. The fourth-order valence-corrected chi connectivity index (χ4v) is 4.19. The minimum absolute atomic E-state index is 0.214. The summed E-state index contributed by atoms with van der Waals surface area (Å²) in [6, 6.07) is 10.7.